The van der Waals surface area contributed by atoms with Crippen LogP contribution in [0.4, 0.5) is 0 Å². The third-order valence-corrected chi connectivity index (χ3v) is 1.95. The monoisotopic (exact) mass is 296 g/mol. The van der Waals surface area contributed by atoms with E-state index in [1.165, 1.54) is 0 Å². The van der Waals surface area contributed by atoms with E-state index in [2.05, 4.69) is 0 Å². The molecule has 1 saturated carbocycles. The van der Waals surface area contributed by atoms with Gasteiger partial charge >= 0.3 is 48.9 Å². The molecule has 0 spiro atoms. The van der Waals surface area contributed by atoms with Crippen molar-refractivity contribution < 1.29 is 24.9 Å². The Morgan fingerprint density at radius 3 is 1.67 bits per heavy atom. The van der Waals surface area contributed by atoms with Gasteiger partial charge in [-0.3, -0.25) is 0 Å². The van der Waals surface area contributed by atoms with Gasteiger partial charge in [0.15, 0.2) is 0 Å². The topological polar surface area (TPSA) is 100 Å². The first-order valence-electron chi connectivity index (χ1n) is 3.10. The van der Waals surface area contributed by atoms with Gasteiger partial charge in [0.25, 0.3) is 0 Å². The first kappa shape index (κ1) is 12.5. The van der Waals surface area contributed by atoms with Gasteiger partial charge in [0.1, 0.15) is 0 Å². The fourth-order valence-corrected chi connectivity index (χ4v) is 1.16. The van der Waals surface area contributed by atoms with Gasteiger partial charge in [0.05, 0.1) is 23.5 Å². The zero-order chi connectivity index (χ0) is 8.65. The largest absolute Gasteiger partial charge is 2.00 e. The molecule has 1 aliphatic rings. The molecule has 0 aromatic rings. The van der Waals surface area contributed by atoms with Crippen molar-refractivity contribution in [3.63, 3.8) is 0 Å². The van der Waals surface area contributed by atoms with Crippen molar-refractivity contribution in [3.05, 3.63) is 0 Å². The number of carboxylic acids is 2. The maximum Gasteiger partial charge on any atom is 2.00 e. The fraction of sp³-hybridized carbons (Fsp3) is 0.667. The molecule has 5 nitrogen and oxygen atoms in total. The fourth-order valence-electron chi connectivity index (χ4n) is 1.16. The predicted octanol–water partition coefficient (Wildman–Crippen LogP) is -3.75. The van der Waals surface area contributed by atoms with E-state index in [4.69, 9.17) is 5.11 Å². The van der Waals surface area contributed by atoms with Crippen molar-refractivity contribution in [1.29, 1.82) is 0 Å². The zero-order valence-electron chi connectivity index (χ0n) is 6.28. The second kappa shape index (κ2) is 4.12. The molecule has 1 fully saturated rings. The maximum absolute atomic E-state index is 10.2. The molecule has 0 radical (unpaired) electrons. The third-order valence-electron chi connectivity index (χ3n) is 1.95. The molecular formula is C6H6BaO5. The second-order valence-corrected chi connectivity index (χ2v) is 2.72. The van der Waals surface area contributed by atoms with Gasteiger partial charge in [-0.1, -0.05) is 0 Å². The molecule has 6 heteroatoms. The number of rotatable bonds is 2. The minimum atomic E-state index is -1.95. The van der Waals surface area contributed by atoms with Crippen molar-refractivity contribution in [2.24, 2.45) is 5.41 Å². The van der Waals surface area contributed by atoms with E-state index in [1.807, 2.05) is 0 Å². The van der Waals surface area contributed by atoms with Gasteiger partial charge in [-0.25, -0.2) is 0 Å². The summed E-state index contributed by atoms with van der Waals surface area (Å²) < 4.78 is 0. The van der Waals surface area contributed by atoms with Crippen LogP contribution in [0.5, 0.6) is 0 Å². The summed E-state index contributed by atoms with van der Waals surface area (Å²) >= 11 is 0. The summed E-state index contributed by atoms with van der Waals surface area (Å²) in [6.45, 7) is 0. The zero-order valence-corrected chi connectivity index (χ0v) is 10.7. The van der Waals surface area contributed by atoms with Crippen LogP contribution in [-0.2, 0) is 9.59 Å². The summed E-state index contributed by atoms with van der Waals surface area (Å²) in [5.74, 6) is -3.36. The van der Waals surface area contributed by atoms with Crippen molar-refractivity contribution >= 4 is 60.8 Å². The molecule has 0 aromatic carbocycles. The normalized spacial score (nSPS) is 20.4. The molecule has 0 unspecified atom stereocenters. The van der Waals surface area contributed by atoms with Crippen LogP contribution in [0, 0.1) is 5.41 Å². The molecule has 62 valence electrons. The van der Waals surface area contributed by atoms with Gasteiger partial charge in [-0.15, -0.1) is 0 Å². The van der Waals surface area contributed by atoms with E-state index in [9.17, 15) is 19.8 Å². The molecule has 1 aliphatic carbocycles. The van der Waals surface area contributed by atoms with Crippen molar-refractivity contribution in [1.82, 2.24) is 0 Å². The van der Waals surface area contributed by atoms with Gasteiger partial charge in [0, 0.05) is 0 Å². The summed E-state index contributed by atoms with van der Waals surface area (Å²) in [5.41, 5.74) is -1.95. The summed E-state index contributed by atoms with van der Waals surface area (Å²) in [6.07, 6.45) is -1.47. The standard InChI is InChI=1S/C6H8O5.Ba/c7-3-1-6(2-3,4(8)9)5(10)11;/h3,7H,1-2H2,(H,8,9)(H,10,11);/q;+2/p-2. The van der Waals surface area contributed by atoms with Gasteiger partial charge in [0.2, 0.25) is 0 Å². The predicted molar refractivity (Wildman–Crippen MR) is 33.4 cm³/mol. The SMILES string of the molecule is O=C([O-])C1(C(=O)[O-])CC(O)C1.[Ba+2]. The number of aliphatic hydroxyl groups is 1. The van der Waals surface area contributed by atoms with E-state index >= 15 is 0 Å². The number of hydrogen-bond donors (Lipinski definition) is 1. The molecule has 0 aromatic heterocycles. The third kappa shape index (κ3) is 1.86. The van der Waals surface area contributed by atoms with Gasteiger partial charge in [-0.05, 0) is 12.8 Å². The molecule has 12 heavy (non-hydrogen) atoms. The average molecular weight is 295 g/mol. The minimum absolute atomic E-state index is 0. The van der Waals surface area contributed by atoms with Crippen molar-refractivity contribution in [3.8, 4) is 0 Å². The van der Waals surface area contributed by atoms with Crippen LogP contribution in [0.15, 0.2) is 0 Å². The summed E-state index contributed by atoms with van der Waals surface area (Å²) in [4.78, 5) is 20.5. The Morgan fingerprint density at radius 1 is 1.25 bits per heavy atom. The van der Waals surface area contributed by atoms with E-state index in [0.29, 0.717) is 0 Å². The van der Waals surface area contributed by atoms with E-state index in [0.717, 1.165) is 0 Å². The Morgan fingerprint density at radius 2 is 1.58 bits per heavy atom. The van der Waals surface area contributed by atoms with E-state index in [-0.39, 0.29) is 61.7 Å². The van der Waals surface area contributed by atoms with E-state index in [1.54, 1.807) is 0 Å². The van der Waals surface area contributed by atoms with Crippen LogP contribution < -0.4 is 10.2 Å². The molecule has 0 heterocycles. The molecule has 0 amide bonds. The molecule has 1 N–H and O–H groups in total. The maximum atomic E-state index is 10.2. The number of hydrogen-bond acceptors (Lipinski definition) is 5. The van der Waals surface area contributed by atoms with Crippen LogP contribution in [0.2, 0.25) is 0 Å². The van der Waals surface area contributed by atoms with Crippen LogP contribution in [0.25, 0.3) is 0 Å². The number of carbonyl (C=O) groups is 2. The number of carbonyl (C=O) groups excluding carboxylic acids is 2. The van der Waals surface area contributed by atoms with Crippen molar-refractivity contribution in [2.75, 3.05) is 0 Å². The summed E-state index contributed by atoms with van der Waals surface area (Å²) in [7, 11) is 0. The molecular weight excluding hydrogens is 289 g/mol. The summed E-state index contributed by atoms with van der Waals surface area (Å²) in [6, 6.07) is 0. The molecule has 0 aliphatic heterocycles. The Hall–Kier alpha value is 0.471. The molecule has 1 rings (SSSR count). The number of aliphatic carboxylic acids is 2. The smallest absolute Gasteiger partial charge is 0.549 e. The van der Waals surface area contributed by atoms with Crippen LogP contribution in [-0.4, -0.2) is 72.0 Å². The second-order valence-electron chi connectivity index (χ2n) is 2.72. The molecule has 0 saturated heterocycles. The Balaban J connectivity index is 0.00000121. The van der Waals surface area contributed by atoms with Crippen molar-refractivity contribution in [2.45, 2.75) is 18.9 Å². The first-order chi connectivity index (χ1) is 4.99. The molecule has 0 atom stereocenters. The Kier molecular flexibility index (Phi) is 4.28. The van der Waals surface area contributed by atoms with Crippen LogP contribution in [0.1, 0.15) is 12.8 Å². The van der Waals surface area contributed by atoms with Gasteiger partial charge < -0.3 is 24.9 Å². The number of carboxylic acid groups (broad SMARTS) is 2. The Labute approximate surface area is 109 Å². The Bertz CT molecular complexity index is 192. The van der Waals surface area contributed by atoms with Gasteiger partial charge in [-0.2, -0.15) is 0 Å². The number of aliphatic hydroxyl groups excluding tert-OH is 1. The summed E-state index contributed by atoms with van der Waals surface area (Å²) in [5, 5.41) is 29.2. The first-order valence-corrected chi connectivity index (χ1v) is 3.10. The van der Waals surface area contributed by atoms with Crippen LogP contribution in [0.3, 0.4) is 0 Å². The van der Waals surface area contributed by atoms with Crippen LogP contribution >= 0.6 is 0 Å². The quantitative estimate of drug-likeness (QED) is 0.417. The molecule has 0 bridgehead atoms. The minimum Gasteiger partial charge on any atom is -0.549 e. The average Bonchev–Trinajstić information content (AvgIpc) is 1.78. The van der Waals surface area contributed by atoms with E-state index < -0.39 is 23.5 Å².